The van der Waals surface area contributed by atoms with E-state index in [1.165, 1.54) is 0 Å². The number of carbonyl (C=O) groups excluding carboxylic acids is 1. The molecule has 1 saturated heterocycles. The molecule has 2 aromatic carbocycles. The predicted octanol–water partition coefficient (Wildman–Crippen LogP) is 2.38. The minimum absolute atomic E-state index is 0.0209. The van der Waals surface area contributed by atoms with Gasteiger partial charge in [0.1, 0.15) is 11.3 Å². The number of benzene rings is 2. The van der Waals surface area contributed by atoms with Gasteiger partial charge in [-0.1, -0.05) is 12.1 Å². The fourth-order valence-electron chi connectivity index (χ4n) is 3.16. The fourth-order valence-corrected chi connectivity index (χ4v) is 3.16. The number of para-hydroxylation sites is 1. The van der Waals surface area contributed by atoms with E-state index in [-0.39, 0.29) is 5.91 Å². The molecule has 1 aliphatic heterocycles. The van der Waals surface area contributed by atoms with Crippen LogP contribution in [0.15, 0.2) is 46.9 Å². The molecule has 1 aliphatic rings. The minimum atomic E-state index is -0.0209. The normalized spacial score (nSPS) is 14.7. The second-order valence-electron chi connectivity index (χ2n) is 6.20. The molecule has 26 heavy (non-hydrogen) atoms. The van der Waals surface area contributed by atoms with Gasteiger partial charge in [-0.05, 0) is 30.3 Å². The molecule has 0 atom stereocenters. The maximum atomic E-state index is 12.8. The topological polar surface area (TPSA) is 84.8 Å². The first-order valence-electron chi connectivity index (χ1n) is 8.49. The summed E-state index contributed by atoms with van der Waals surface area (Å²) in [5.74, 6) is 0.573. The Morgan fingerprint density at radius 3 is 2.69 bits per heavy atom. The molecule has 0 saturated carbocycles. The number of anilines is 2. The predicted molar refractivity (Wildman–Crippen MR) is 99.5 cm³/mol. The van der Waals surface area contributed by atoms with Crippen molar-refractivity contribution in [3.05, 3.63) is 48.0 Å². The number of methoxy groups -OCH3 is 1. The van der Waals surface area contributed by atoms with Crippen LogP contribution < -0.4 is 15.4 Å². The summed E-state index contributed by atoms with van der Waals surface area (Å²) in [5, 5.41) is 0. The highest BCUT2D eigenvalue weighted by Gasteiger charge is 2.26. The minimum Gasteiger partial charge on any atom is -0.496 e. The van der Waals surface area contributed by atoms with E-state index in [4.69, 9.17) is 14.9 Å². The molecule has 0 unspecified atom stereocenters. The molecule has 7 nitrogen and oxygen atoms in total. The second-order valence-corrected chi connectivity index (χ2v) is 6.20. The van der Waals surface area contributed by atoms with Gasteiger partial charge in [0.15, 0.2) is 5.58 Å². The van der Waals surface area contributed by atoms with Gasteiger partial charge in [-0.3, -0.25) is 4.79 Å². The summed E-state index contributed by atoms with van der Waals surface area (Å²) >= 11 is 0. The molecular formula is C19H20N4O3. The van der Waals surface area contributed by atoms with Crippen LogP contribution in [0, 0.1) is 0 Å². The molecule has 1 amide bonds. The van der Waals surface area contributed by atoms with Crippen LogP contribution in [0.2, 0.25) is 0 Å². The Balaban J connectivity index is 1.47. The van der Waals surface area contributed by atoms with Crippen molar-refractivity contribution in [3.8, 4) is 5.75 Å². The van der Waals surface area contributed by atoms with E-state index < -0.39 is 0 Å². The zero-order chi connectivity index (χ0) is 18.1. The lowest BCUT2D eigenvalue weighted by atomic mass is 10.1. The van der Waals surface area contributed by atoms with E-state index in [0.29, 0.717) is 54.8 Å². The van der Waals surface area contributed by atoms with Crippen molar-refractivity contribution in [3.63, 3.8) is 0 Å². The van der Waals surface area contributed by atoms with Crippen molar-refractivity contribution in [2.75, 3.05) is 43.9 Å². The van der Waals surface area contributed by atoms with E-state index in [2.05, 4.69) is 4.98 Å². The molecule has 7 heteroatoms. The number of nitrogens with zero attached hydrogens (tertiary/aromatic N) is 3. The summed E-state index contributed by atoms with van der Waals surface area (Å²) in [6, 6.07) is 13.3. The average molecular weight is 352 g/mol. The Kier molecular flexibility index (Phi) is 4.12. The Morgan fingerprint density at radius 1 is 1.15 bits per heavy atom. The molecule has 1 fully saturated rings. The summed E-state index contributed by atoms with van der Waals surface area (Å²) in [6.07, 6.45) is 0. The maximum absolute atomic E-state index is 12.8. The van der Waals surface area contributed by atoms with Gasteiger partial charge in [0, 0.05) is 31.9 Å². The molecule has 2 heterocycles. The number of nitrogen functional groups attached to an aromatic ring is 1. The van der Waals surface area contributed by atoms with Crippen molar-refractivity contribution in [1.29, 1.82) is 0 Å². The molecule has 3 aromatic rings. The van der Waals surface area contributed by atoms with Gasteiger partial charge in [0.2, 0.25) is 0 Å². The van der Waals surface area contributed by atoms with Crippen molar-refractivity contribution in [2.24, 2.45) is 0 Å². The highest BCUT2D eigenvalue weighted by Crippen LogP contribution is 2.25. The number of aromatic nitrogens is 1. The number of amides is 1. The SMILES string of the molecule is COc1ccccc1C(=O)N1CCN(c2nc3cc(N)ccc3o2)CC1. The third-order valence-corrected chi connectivity index (χ3v) is 4.58. The lowest BCUT2D eigenvalue weighted by Gasteiger charge is -2.34. The number of nitrogens with two attached hydrogens (primary N) is 1. The first-order chi connectivity index (χ1) is 12.7. The quantitative estimate of drug-likeness (QED) is 0.729. The lowest BCUT2D eigenvalue weighted by Crippen LogP contribution is -2.49. The van der Waals surface area contributed by atoms with Crippen molar-refractivity contribution < 1.29 is 13.9 Å². The first kappa shape index (κ1) is 16.3. The van der Waals surface area contributed by atoms with E-state index in [1.54, 1.807) is 31.4 Å². The Bertz CT molecular complexity index is 945. The molecule has 134 valence electrons. The third-order valence-electron chi connectivity index (χ3n) is 4.58. The molecule has 2 N–H and O–H groups in total. The van der Waals surface area contributed by atoms with Crippen molar-refractivity contribution in [2.45, 2.75) is 0 Å². The van der Waals surface area contributed by atoms with Gasteiger partial charge < -0.3 is 24.7 Å². The van der Waals surface area contributed by atoms with Gasteiger partial charge in [0.05, 0.1) is 12.7 Å². The summed E-state index contributed by atoms with van der Waals surface area (Å²) in [7, 11) is 1.57. The number of hydrogen-bond donors (Lipinski definition) is 1. The molecule has 4 rings (SSSR count). The van der Waals surface area contributed by atoms with E-state index in [0.717, 1.165) is 5.52 Å². The Morgan fingerprint density at radius 2 is 1.92 bits per heavy atom. The fraction of sp³-hybridized carbons (Fsp3) is 0.263. The van der Waals surface area contributed by atoms with Gasteiger partial charge >= 0.3 is 0 Å². The molecule has 0 aliphatic carbocycles. The Labute approximate surface area is 151 Å². The van der Waals surface area contributed by atoms with Gasteiger partial charge in [-0.15, -0.1) is 0 Å². The van der Waals surface area contributed by atoms with Crippen molar-refractivity contribution in [1.82, 2.24) is 9.88 Å². The highest BCUT2D eigenvalue weighted by atomic mass is 16.5. The van der Waals surface area contributed by atoms with Crippen LogP contribution in [0.5, 0.6) is 5.75 Å². The van der Waals surface area contributed by atoms with Gasteiger partial charge in [0.25, 0.3) is 11.9 Å². The number of ether oxygens (including phenoxy) is 1. The Hall–Kier alpha value is -3.22. The number of hydrogen-bond acceptors (Lipinski definition) is 6. The van der Waals surface area contributed by atoms with Crippen molar-refractivity contribution >= 4 is 28.7 Å². The standard InChI is InChI=1S/C19H20N4O3/c1-25-16-5-3-2-4-14(16)18(24)22-8-10-23(11-9-22)19-21-15-12-13(20)6-7-17(15)26-19/h2-7,12H,8-11,20H2,1H3. The molecule has 1 aromatic heterocycles. The van der Waals surface area contributed by atoms with Crippen LogP contribution in [0.25, 0.3) is 11.1 Å². The molecule has 0 radical (unpaired) electrons. The van der Waals surface area contributed by atoms with Crippen LogP contribution in [0.3, 0.4) is 0 Å². The average Bonchev–Trinajstić information content (AvgIpc) is 3.10. The zero-order valence-corrected chi connectivity index (χ0v) is 14.5. The largest absolute Gasteiger partial charge is 0.496 e. The monoisotopic (exact) mass is 352 g/mol. The van der Waals surface area contributed by atoms with E-state index in [1.807, 2.05) is 28.0 Å². The van der Waals surface area contributed by atoms with Crippen LogP contribution in [-0.4, -0.2) is 49.1 Å². The number of rotatable bonds is 3. The summed E-state index contributed by atoms with van der Waals surface area (Å²) < 4.78 is 11.1. The number of fused-ring (bicyclic) bond motifs is 1. The first-order valence-corrected chi connectivity index (χ1v) is 8.49. The highest BCUT2D eigenvalue weighted by molar-refractivity contribution is 5.97. The summed E-state index contributed by atoms with van der Waals surface area (Å²) in [4.78, 5) is 21.2. The van der Waals surface area contributed by atoms with Crippen LogP contribution in [0.1, 0.15) is 10.4 Å². The summed E-state index contributed by atoms with van der Waals surface area (Å²) in [5.41, 5.74) is 8.49. The third kappa shape index (κ3) is 2.92. The molecule has 0 spiro atoms. The smallest absolute Gasteiger partial charge is 0.298 e. The van der Waals surface area contributed by atoms with Crippen LogP contribution >= 0.6 is 0 Å². The van der Waals surface area contributed by atoms with E-state index in [9.17, 15) is 4.79 Å². The van der Waals surface area contributed by atoms with Gasteiger partial charge in [-0.2, -0.15) is 4.98 Å². The number of piperazine rings is 1. The summed E-state index contributed by atoms with van der Waals surface area (Å²) in [6.45, 7) is 2.50. The van der Waals surface area contributed by atoms with Gasteiger partial charge in [-0.25, -0.2) is 0 Å². The second kappa shape index (κ2) is 6.59. The number of oxazole rings is 1. The maximum Gasteiger partial charge on any atom is 0.298 e. The van der Waals surface area contributed by atoms with Crippen LogP contribution in [0.4, 0.5) is 11.7 Å². The van der Waals surface area contributed by atoms with E-state index >= 15 is 0 Å². The van der Waals surface area contributed by atoms with Crippen LogP contribution in [-0.2, 0) is 0 Å². The lowest BCUT2D eigenvalue weighted by molar-refractivity contribution is 0.0741. The molecule has 0 bridgehead atoms. The molecular weight excluding hydrogens is 332 g/mol. The zero-order valence-electron chi connectivity index (χ0n) is 14.5. The number of carbonyl (C=O) groups is 1.